The summed E-state index contributed by atoms with van der Waals surface area (Å²) >= 11 is 0. The van der Waals surface area contributed by atoms with Crippen molar-refractivity contribution in [1.29, 1.82) is 0 Å². The molecule has 0 N–H and O–H groups in total. The molecule has 2 atom stereocenters. The second-order valence-electron chi connectivity index (χ2n) is 19.1. The van der Waals surface area contributed by atoms with Gasteiger partial charge < -0.3 is 14.2 Å². The number of carbonyl (C=O) groups is 3. The summed E-state index contributed by atoms with van der Waals surface area (Å²) in [5.41, 5.74) is 0. The van der Waals surface area contributed by atoms with Crippen LogP contribution >= 0.6 is 0 Å². The average molecular weight is 863 g/mol. The SMILES string of the molecule is CCCCCCCCCCCCCCCCC(=O)OC[C@H](COC(=O)CCCCCCCCCCCCC)OC(=O)CCCCCCCCCCCCCCCCC(C)CC. The Bertz CT molecular complexity index is 920. The fourth-order valence-electron chi connectivity index (χ4n) is 8.36. The Morgan fingerprint density at radius 2 is 0.574 bits per heavy atom. The predicted octanol–water partition coefficient (Wildman–Crippen LogP) is 17.8. The molecule has 0 aliphatic heterocycles. The number of hydrogen-bond donors (Lipinski definition) is 0. The third kappa shape index (κ3) is 47.7. The van der Waals surface area contributed by atoms with Crippen LogP contribution in [0.5, 0.6) is 0 Å². The number of hydrogen-bond acceptors (Lipinski definition) is 6. The normalized spacial score (nSPS) is 12.4. The van der Waals surface area contributed by atoms with Gasteiger partial charge in [0.25, 0.3) is 0 Å². The molecule has 0 aliphatic rings. The molecule has 0 heterocycles. The molecular formula is C55H106O6. The molecule has 0 aromatic carbocycles. The molecule has 0 aromatic rings. The van der Waals surface area contributed by atoms with E-state index in [9.17, 15) is 14.4 Å². The third-order valence-corrected chi connectivity index (χ3v) is 12.9. The Labute approximate surface area is 380 Å². The van der Waals surface area contributed by atoms with Gasteiger partial charge in [-0.05, 0) is 25.2 Å². The highest BCUT2D eigenvalue weighted by atomic mass is 16.6. The van der Waals surface area contributed by atoms with Crippen LogP contribution in [0.4, 0.5) is 0 Å². The van der Waals surface area contributed by atoms with Crippen LogP contribution in [0.2, 0.25) is 0 Å². The van der Waals surface area contributed by atoms with Crippen LogP contribution in [0, 0.1) is 5.92 Å². The molecule has 0 aliphatic carbocycles. The highest BCUT2D eigenvalue weighted by Crippen LogP contribution is 2.18. The zero-order valence-corrected chi connectivity index (χ0v) is 41.6. The van der Waals surface area contributed by atoms with E-state index in [1.807, 2.05) is 0 Å². The molecule has 0 spiro atoms. The number of unbranched alkanes of at least 4 members (excludes halogenated alkanes) is 36. The summed E-state index contributed by atoms with van der Waals surface area (Å²) in [6.45, 7) is 9.08. The summed E-state index contributed by atoms with van der Waals surface area (Å²) in [6.07, 6.45) is 52.2. The standard InChI is InChI=1S/C55H106O6/c1-5-8-10-12-14-16-18-19-23-27-31-35-39-43-47-54(57)60-50-52(49-59-53(56)46-42-38-34-30-25-17-15-13-11-9-6-2)61-55(58)48-44-40-36-32-28-24-21-20-22-26-29-33-37-41-45-51(4)7-3/h51-52H,5-50H2,1-4H3/t51?,52-/m0/s1. The van der Waals surface area contributed by atoms with Gasteiger partial charge in [-0.2, -0.15) is 0 Å². The topological polar surface area (TPSA) is 78.9 Å². The zero-order chi connectivity index (χ0) is 44.5. The van der Waals surface area contributed by atoms with Crippen LogP contribution in [-0.4, -0.2) is 37.2 Å². The highest BCUT2D eigenvalue weighted by Gasteiger charge is 2.19. The minimum absolute atomic E-state index is 0.0622. The van der Waals surface area contributed by atoms with E-state index in [0.717, 1.165) is 63.7 Å². The largest absolute Gasteiger partial charge is 0.462 e. The first-order valence-corrected chi connectivity index (χ1v) is 27.4. The molecule has 0 bridgehead atoms. The minimum atomic E-state index is -0.760. The lowest BCUT2D eigenvalue weighted by Crippen LogP contribution is -2.30. The second-order valence-corrected chi connectivity index (χ2v) is 19.1. The molecule has 362 valence electrons. The van der Waals surface area contributed by atoms with Gasteiger partial charge in [-0.3, -0.25) is 14.4 Å². The molecule has 0 radical (unpaired) electrons. The van der Waals surface area contributed by atoms with Crippen LogP contribution in [0.1, 0.15) is 310 Å². The summed E-state index contributed by atoms with van der Waals surface area (Å²) in [5.74, 6) is 0.0543. The monoisotopic (exact) mass is 863 g/mol. The van der Waals surface area contributed by atoms with Crippen LogP contribution in [0.3, 0.4) is 0 Å². The van der Waals surface area contributed by atoms with Crippen LogP contribution in [0.15, 0.2) is 0 Å². The molecule has 0 saturated heterocycles. The van der Waals surface area contributed by atoms with Crippen LogP contribution < -0.4 is 0 Å². The number of esters is 3. The Balaban J connectivity index is 4.28. The molecule has 6 heteroatoms. The van der Waals surface area contributed by atoms with Gasteiger partial charge in [-0.15, -0.1) is 0 Å². The van der Waals surface area contributed by atoms with Gasteiger partial charge >= 0.3 is 17.9 Å². The van der Waals surface area contributed by atoms with E-state index in [1.54, 1.807) is 0 Å². The number of rotatable bonds is 50. The van der Waals surface area contributed by atoms with Crippen molar-refractivity contribution in [3.63, 3.8) is 0 Å². The first kappa shape index (κ1) is 59.4. The Morgan fingerprint density at radius 3 is 0.852 bits per heavy atom. The van der Waals surface area contributed by atoms with Gasteiger partial charge in [-0.1, -0.05) is 272 Å². The molecule has 0 fully saturated rings. The van der Waals surface area contributed by atoms with E-state index in [1.165, 1.54) is 205 Å². The van der Waals surface area contributed by atoms with Crippen molar-refractivity contribution < 1.29 is 28.6 Å². The van der Waals surface area contributed by atoms with Gasteiger partial charge in [0.15, 0.2) is 6.10 Å². The predicted molar refractivity (Wildman–Crippen MR) is 261 cm³/mol. The highest BCUT2D eigenvalue weighted by molar-refractivity contribution is 5.71. The van der Waals surface area contributed by atoms with Crippen molar-refractivity contribution in [3.8, 4) is 0 Å². The molecular weight excluding hydrogens is 757 g/mol. The lowest BCUT2D eigenvalue weighted by atomic mass is 9.99. The smallest absolute Gasteiger partial charge is 0.306 e. The van der Waals surface area contributed by atoms with Crippen molar-refractivity contribution in [3.05, 3.63) is 0 Å². The van der Waals surface area contributed by atoms with Crippen molar-refractivity contribution in [1.82, 2.24) is 0 Å². The average Bonchev–Trinajstić information content (AvgIpc) is 3.26. The molecule has 0 saturated carbocycles. The summed E-state index contributed by atoms with van der Waals surface area (Å²) in [7, 11) is 0. The van der Waals surface area contributed by atoms with E-state index in [-0.39, 0.29) is 31.1 Å². The fraction of sp³-hybridized carbons (Fsp3) is 0.945. The third-order valence-electron chi connectivity index (χ3n) is 12.9. The first-order valence-electron chi connectivity index (χ1n) is 27.4. The zero-order valence-electron chi connectivity index (χ0n) is 41.6. The summed E-state index contributed by atoms with van der Waals surface area (Å²) < 4.78 is 16.8. The Kier molecular flexibility index (Phi) is 48.1. The van der Waals surface area contributed by atoms with Gasteiger partial charge in [0, 0.05) is 19.3 Å². The number of ether oxygens (including phenoxy) is 3. The molecule has 0 rings (SSSR count). The van der Waals surface area contributed by atoms with Gasteiger partial charge in [-0.25, -0.2) is 0 Å². The van der Waals surface area contributed by atoms with Crippen molar-refractivity contribution in [2.75, 3.05) is 13.2 Å². The molecule has 0 amide bonds. The lowest BCUT2D eigenvalue weighted by Gasteiger charge is -2.18. The summed E-state index contributed by atoms with van der Waals surface area (Å²) in [4.78, 5) is 38.0. The maximum Gasteiger partial charge on any atom is 0.306 e. The van der Waals surface area contributed by atoms with Gasteiger partial charge in [0.2, 0.25) is 0 Å². The summed E-state index contributed by atoms with van der Waals surface area (Å²) in [5, 5.41) is 0. The van der Waals surface area contributed by atoms with E-state index >= 15 is 0 Å². The van der Waals surface area contributed by atoms with Gasteiger partial charge in [0.1, 0.15) is 13.2 Å². The first-order chi connectivity index (χ1) is 29.9. The van der Waals surface area contributed by atoms with E-state index in [2.05, 4.69) is 27.7 Å². The molecule has 61 heavy (non-hydrogen) atoms. The van der Waals surface area contributed by atoms with Crippen LogP contribution in [0.25, 0.3) is 0 Å². The Morgan fingerprint density at radius 1 is 0.328 bits per heavy atom. The fourth-order valence-corrected chi connectivity index (χ4v) is 8.36. The van der Waals surface area contributed by atoms with E-state index in [0.29, 0.717) is 19.3 Å². The lowest BCUT2D eigenvalue weighted by molar-refractivity contribution is -0.167. The van der Waals surface area contributed by atoms with Gasteiger partial charge in [0.05, 0.1) is 0 Å². The quantitative estimate of drug-likeness (QED) is 0.0344. The van der Waals surface area contributed by atoms with Crippen LogP contribution in [-0.2, 0) is 28.6 Å². The molecule has 1 unspecified atom stereocenters. The van der Waals surface area contributed by atoms with Crippen molar-refractivity contribution in [2.24, 2.45) is 5.92 Å². The molecule has 0 aromatic heterocycles. The second kappa shape index (κ2) is 49.4. The number of carbonyl (C=O) groups excluding carboxylic acids is 3. The Hall–Kier alpha value is -1.59. The van der Waals surface area contributed by atoms with Crippen molar-refractivity contribution in [2.45, 2.75) is 316 Å². The summed E-state index contributed by atoms with van der Waals surface area (Å²) in [6, 6.07) is 0. The maximum absolute atomic E-state index is 12.8. The minimum Gasteiger partial charge on any atom is -0.462 e. The van der Waals surface area contributed by atoms with E-state index < -0.39 is 6.10 Å². The molecule has 6 nitrogen and oxygen atoms in total. The van der Waals surface area contributed by atoms with Crippen molar-refractivity contribution >= 4 is 17.9 Å². The van der Waals surface area contributed by atoms with E-state index in [4.69, 9.17) is 14.2 Å². The maximum atomic E-state index is 12.8.